The minimum atomic E-state index is -4.04. The van der Waals surface area contributed by atoms with Crippen molar-refractivity contribution < 1.29 is 60.4 Å². The monoisotopic (exact) mass is 372 g/mol. The standard InChI is InChI=1S/C5H9ClO3S.C5H10O4S.Na/c2*6-10(7,8)4-5-1-2-9-3-5;/h5H,1-4H2;5H,1-4H2,(H,6,7,8);/q;;+1/p-1. The normalized spacial score (nSPS) is 25.8. The minimum absolute atomic E-state index is 0. The molecule has 0 aromatic carbocycles. The quantitative estimate of drug-likeness (QED) is 0.297. The first kappa shape index (κ1) is 22.1. The Labute approximate surface area is 152 Å². The molecule has 2 aliphatic rings. The Kier molecular flexibility index (Phi) is 10.6. The summed E-state index contributed by atoms with van der Waals surface area (Å²) in [6.45, 7) is 2.20. The second kappa shape index (κ2) is 10.0. The SMILES string of the molecule is O=S(=O)(Cl)CC1CCOC1.O=S(=O)([O-])CC1CCOC1.[Na+]. The first-order valence-corrected chi connectivity index (χ1v) is 10.2. The van der Waals surface area contributed by atoms with Crippen LogP contribution < -0.4 is 29.6 Å². The molecule has 2 unspecified atom stereocenters. The van der Waals surface area contributed by atoms with Crippen LogP contribution in [0.3, 0.4) is 0 Å². The largest absolute Gasteiger partial charge is 1.00 e. The van der Waals surface area contributed by atoms with E-state index in [9.17, 15) is 21.4 Å². The van der Waals surface area contributed by atoms with Crippen LogP contribution in [0.15, 0.2) is 0 Å². The molecule has 2 heterocycles. The molecule has 0 radical (unpaired) electrons. The van der Waals surface area contributed by atoms with E-state index >= 15 is 0 Å². The number of ether oxygens (including phenoxy) is 2. The zero-order chi connectivity index (χ0) is 15.2. The second-order valence-electron chi connectivity index (χ2n) is 4.89. The van der Waals surface area contributed by atoms with Gasteiger partial charge in [0.1, 0.15) is 0 Å². The van der Waals surface area contributed by atoms with Crippen molar-refractivity contribution in [2.75, 3.05) is 37.9 Å². The fourth-order valence-corrected chi connectivity index (χ4v) is 4.20. The van der Waals surface area contributed by atoms with Crippen molar-refractivity contribution in [3.63, 3.8) is 0 Å². The molecule has 0 spiro atoms. The first-order chi connectivity index (χ1) is 9.16. The van der Waals surface area contributed by atoms with Crippen molar-refractivity contribution >= 4 is 29.9 Å². The number of rotatable bonds is 4. The average Bonchev–Trinajstić information content (AvgIpc) is 2.87. The zero-order valence-corrected chi connectivity index (χ0v) is 16.3. The third kappa shape index (κ3) is 12.2. The minimum Gasteiger partial charge on any atom is -0.748 e. The van der Waals surface area contributed by atoms with Gasteiger partial charge in [-0.1, -0.05) is 0 Å². The van der Waals surface area contributed by atoms with Crippen molar-refractivity contribution in [2.45, 2.75) is 12.8 Å². The van der Waals surface area contributed by atoms with Gasteiger partial charge in [-0.2, -0.15) is 0 Å². The Hall–Kier alpha value is 1.07. The molecule has 2 atom stereocenters. The Morgan fingerprint density at radius 3 is 1.67 bits per heavy atom. The van der Waals surface area contributed by atoms with Gasteiger partial charge < -0.3 is 14.0 Å². The summed E-state index contributed by atoms with van der Waals surface area (Å²) in [6, 6.07) is 0. The average molecular weight is 373 g/mol. The Morgan fingerprint density at radius 2 is 1.38 bits per heavy atom. The fraction of sp³-hybridized carbons (Fsp3) is 1.00. The van der Waals surface area contributed by atoms with E-state index in [1.165, 1.54) is 0 Å². The van der Waals surface area contributed by atoms with E-state index in [1.54, 1.807) is 0 Å². The molecule has 21 heavy (non-hydrogen) atoms. The van der Waals surface area contributed by atoms with Crippen molar-refractivity contribution in [1.82, 2.24) is 0 Å². The molecule has 0 N–H and O–H groups in total. The Balaban J connectivity index is 0.000000364. The van der Waals surface area contributed by atoms with Crippen LogP contribution in [0, 0.1) is 11.8 Å². The molecule has 11 heteroatoms. The summed E-state index contributed by atoms with van der Waals surface area (Å²) < 4.78 is 61.4. The van der Waals surface area contributed by atoms with Gasteiger partial charge in [0.25, 0.3) is 0 Å². The summed E-state index contributed by atoms with van der Waals surface area (Å²) in [7, 11) is -2.32. The second-order valence-corrected chi connectivity index (χ2v) is 9.16. The Bertz CT molecular complexity index is 436. The third-order valence-electron chi connectivity index (χ3n) is 2.92. The smallest absolute Gasteiger partial charge is 0.748 e. The van der Waals surface area contributed by atoms with E-state index in [0.717, 1.165) is 6.42 Å². The topological polar surface area (TPSA) is 110 Å². The molecule has 2 rings (SSSR count). The number of hydrogen-bond donors (Lipinski definition) is 0. The van der Waals surface area contributed by atoms with Crippen LogP contribution >= 0.6 is 10.7 Å². The van der Waals surface area contributed by atoms with E-state index in [1.807, 2.05) is 0 Å². The van der Waals surface area contributed by atoms with Crippen LogP contribution in [-0.4, -0.2) is 59.3 Å². The first-order valence-electron chi connectivity index (χ1n) is 6.17. The van der Waals surface area contributed by atoms with Gasteiger partial charge in [0.15, 0.2) is 0 Å². The van der Waals surface area contributed by atoms with Gasteiger partial charge in [0.05, 0.1) is 29.1 Å². The van der Waals surface area contributed by atoms with Gasteiger partial charge in [-0.3, -0.25) is 0 Å². The van der Waals surface area contributed by atoms with Crippen molar-refractivity contribution in [1.29, 1.82) is 0 Å². The molecule has 2 fully saturated rings. The zero-order valence-electron chi connectivity index (χ0n) is 11.9. The van der Waals surface area contributed by atoms with Gasteiger partial charge in [0.2, 0.25) is 9.05 Å². The van der Waals surface area contributed by atoms with Crippen LogP contribution in [0.1, 0.15) is 12.8 Å². The summed E-state index contributed by atoms with van der Waals surface area (Å²) in [5, 5.41) is 0. The third-order valence-corrected chi connectivity index (χ3v) is 5.05. The predicted molar refractivity (Wildman–Crippen MR) is 72.1 cm³/mol. The molecule has 120 valence electrons. The maximum atomic E-state index is 10.5. The summed E-state index contributed by atoms with van der Waals surface area (Å²) >= 11 is 0. The van der Waals surface area contributed by atoms with Gasteiger partial charge in [-0.15, -0.1) is 0 Å². The molecule has 7 nitrogen and oxygen atoms in total. The Morgan fingerprint density at radius 1 is 0.952 bits per heavy atom. The van der Waals surface area contributed by atoms with Crippen molar-refractivity contribution in [3.05, 3.63) is 0 Å². The number of hydrogen-bond acceptors (Lipinski definition) is 7. The maximum Gasteiger partial charge on any atom is 1.00 e. The molecular formula is C10H18ClNaO7S2. The number of halogens is 1. The molecule has 2 saturated heterocycles. The fourth-order valence-electron chi connectivity index (χ4n) is 2.00. The molecule has 0 bridgehead atoms. The van der Waals surface area contributed by atoms with Crippen LogP contribution in [0.2, 0.25) is 0 Å². The van der Waals surface area contributed by atoms with E-state index in [4.69, 9.17) is 20.2 Å². The van der Waals surface area contributed by atoms with Crippen molar-refractivity contribution in [2.24, 2.45) is 11.8 Å². The molecule has 2 aliphatic heterocycles. The van der Waals surface area contributed by atoms with Gasteiger partial charge in [0, 0.05) is 29.6 Å². The van der Waals surface area contributed by atoms with Crippen molar-refractivity contribution in [3.8, 4) is 0 Å². The van der Waals surface area contributed by atoms with Crippen LogP contribution in [-0.2, 0) is 28.6 Å². The van der Waals surface area contributed by atoms with Gasteiger partial charge in [-0.05, 0) is 24.7 Å². The van der Waals surface area contributed by atoms with E-state index < -0.39 is 19.2 Å². The maximum absolute atomic E-state index is 10.5. The van der Waals surface area contributed by atoms with E-state index in [0.29, 0.717) is 32.8 Å². The summed E-state index contributed by atoms with van der Waals surface area (Å²) in [6.07, 6.45) is 1.51. The molecule has 0 aliphatic carbocycles. The predicted octanol–water partition coefficient (Wildman–Crippen LogP) is -2.84. The molecule has 0 saturated carbocycles. The summed E-state index contributed by atoms with van der Waals surface area (Å²) in [5.41, 5.74) is 0. The van der Waals surface area contributed by atoms with Gasteiger partial charge >= 0.3 is 29.6 Å². The van der Waals surface area contributed by atoms with Gasteiger partial charge in [-0.25, -0.2) is 16.8 Å². The molecule has 0 aromatic rings. The molecular weight excluding hydrogens is 355 g/mol. The van der Waals surface area contributed by atoms with Crippen LogP contribution in [0.4, 0.5) is 0 Å². The van der Waals surface area contributed by atoms with E-state index in [2.05, 4.69) is 0 Å². The van der Waals surface area contributed by atoms with Crippen LogP contribution in [0.25, 0.3) is 0 Å². The summed E-state index contributed by atoms with van der Waals surface area (Å²) in [4.78, 5) is 0. The van der Waals surface area contributed by atoms with E-state index in [-0.39, 0.29) is 52.9 Å². The van der Waals surface area contributed by atoms with Crippen LogP contribution in [0.5, 0.6) is 0 Å². The molecule has 0 aromatic heterocycles. The summed E-state index contributed by atoms with van der Waals surface area (Å²) in [5.74, 6) is -0.174. The molecule has 0 amide bonds.